The molecule has 7 heteroatoms. The second kappa shape index (κ2) is 8.95. The normalized spacial score (nSPS) is 11.0. The van der Waals surface area contributed by atoms with Crippen LogP contribution in [0.3, 0.4) is 0 Å². The minimum absolute atomic E-state index is 0. The first-order chi connectivity index (χ1) is 11.5. The molecule has 0 bridgehead atoms. The van der Waals surface area contributed by atoms with E-state index in [1.807, 2.05) is 66.7 Å². The van der Waals surface area contributed by atoms with Crippen LogP contribution in [0.2, 0.25) is 0 Å². The van der Waals surface area contributed by atoms with Crippen molar-refractivity contribution in [2.45, 2.75) is 0 Å². The third-order valence-electron chi connectivity index (χ3n) is 3.30. The zero-order valence-electron chi connectivity index (χ0n) is 13.6. The van der Waals surface area contributed by atoms with Crippen LogP contribution >= 0.6 is 7.92 Å². The Hall–Kier alpha value is -1.20. The first-order valence-electron chi connectivity index (χ1n) is 7.18. The summed E-state index contributed by atoms with van der Waals surface area (Å²) in [5.41, 5.74) is 0. The molecule has 25 heavy (non-hydrogen) atoms. The molecule has 3 aromatic rings. The number of rotatable bonds is 5. The molecule has 0 amide bonds. The fourth-order valence-corrected chi connectivity index (χ4v) is 5.06. The van der Waals surface area contributed by atoms with Gasteiger partial charge in [0.25, 0.3) is 10.4 Å². The Kier molecular flexibility index (Phi) is 7.20. The minimum atomic E-state index is -4.79. The zero-order valence-corrected chi connectivity index (χ0v) is 17.3. The van der Waals surface area contributed by atoms with Crippen LogP contribution in [0, 0.1) is 0 Å². The molecule has 0 heterocycles. The molecule has 0 spiro atoms. The van der Waals surface area contributed by atoms with E-state index in [1.165, 1.54) is 6.07 Å². The Morgan fingerprint density at radius 1 is 0.720 bits per heavy atom. The van der Waals surface area contributed by atoms with E-state index in [1.54, 1.807) is 12.1 Å². The summed E-state index contributed by atoms with van der Waals surface area (Å²) in [6.45, 7) is 0. The monoisotopic (exact) mass is 380 g/mol. The van der Waals surface area contributed by atoms with Crippen LogP contribution in [0.25, 0.3) is 0 Å². The smallest absolute Gasteiger partial charge is 0.716 e. The van der Waals surface area contributed by atoms with Gasteiger partial charge in [0.15, 0.2) is 0 Å². The van der Waals surface area contributed by atoms with Crippen molar-refractivity contribution in [3.63, 3.8) is 0 Å². The summed E-state index contributed by atoms with van der Waals surface area (Å²) < 4.78 is 37.0. The average molecular weight is 380 g/mol. The van der Waals surface area contributed by atoms with Gasteiger partial charge in [0, 0.05) is 0 Å². The van der Waals surface area contributed by atoms with Gasteiger partial charge in [0.05, 0.1) is 0 Å². The molecule has 0 aliphatic carbocycles. The van der Waals surface area contributed by atoms with E-state index in [0.717, 1.165) is 15.9 Å². The molecule has 0 N–H and O–H groups in total. The second-order valence-electron chi connectivity index (χ2n) is 5.00. The van der Waals surface area contributed by atoms with Crippen LogP contribution in [-0.4, -0.2) is 13.0 Å². The van der Waals surface area contributed by atoms with E-state index in [2.05, 4.69) is 4.18 Å². The van der Waals surface area contributed by atoms with E-state index in [4.69, 9.17) is 0 Å². The quantitative estimate of drug-likeness (QED) is 0.254. The molecule has 3 aromatic carbocycles. The van der Waals surface area contributed by atoms with Gasteiger partial charge in [-0.3, -0.25) is 0 Å². The van der Waals surface area contributed by atoms with Crippen molar-refractivity contribution >= 4 is 34.2 Å². The van der Waals surface area contributed by atoms with Crippen molar-refractivity contribution in [1.82, 2.24) is 0 Å². The third kappa shape index (κ3) is 5.65. The predicted octanol–water partition coefficient (Wildman–Crippen LogP) is -0.712. The van der Waals surface area contributed by atoms with Crippen molar-refractivity contribution in [3.8, 4) is 5.75 Å². The fourth-order valence-electron chi connectivity index (χ4n) is 2.39. The van der Waals surface area contributed by atoms with Gasteiger partial charge in [-0.15, -0.1) is 0 Å². The summed E-state index contributed by atoms with van der Waals surface area (Å²) in [6.07, 6.45) is 0. The molecule has 0 unspecified atom stereocenters. The van der Waals surface area contributed by atoms with Gasteiger partial charge in [0.1, 0.15) is 5.75 Å². The van der Waals surface area contributed by atoms with Crippen LogP contribution in [-0.2, 0) is 10.4 Å². The van der Waals surface area contributed by atoms with E-state index in [-0.39, 0.29) is 35.3 Å². The van der Waals surface area contributed by atoms with Gasteiger partial charge in [-0.05, 0) is 36.0 Å². The molecule has 0 atom stereocenters. The van der Waals surface area contributed by atoms with Crippen LogP contribution in [0.15, 0.2) is 84.9 Å². The van der Waals surface area contributed by atoms with Gasteiger partial charge in [0.2, 0.25) is 0 Å². The van der Waals surface area contributed by atoms with E-state index >= 15 is 0 Å². The summed E-state index contributed by atoms with van der Waals surface area (Å²) in [6, 6.07) is 26.6. The molecule has 0 saturated heterocycles. The van der Waals surface area contributed by atoms with Crippen molar-refractivity contribution in [2.75, 3.05) is 0 Å². The maximum Gasteiger partial charge on any atom is 1.00 e. The second-order valence-corrected chi connectivity index (χ2v) is 8.20. The van der Waals surface area contributed by atoms with E-state index < -0.39 is 18.3 Å². The molecule has 0 fully saturated rings. The summed E-state index contributed by atoms with van der Waals surface area (Å²) in [4.78, 5) is 0. The molecule has 0 aliphatic heterocycles. The van der Waals surface area contributed by atoms with Crippen LogP contribution in [0.5, 0.6) is 5.75 Å². The molecule has 0 radical (unpaired) electrons. The van der Waals surface area contributed by atoms with Gasteiger partial charge in [-0.2, -0.15) is 0 Å². The maximum absolute atomic E-state index is 10.8. The first-order valence-corrected chi connectivity index (χ1v) is 9.86. The Balaban J connectivity index is 0.00000225. The molecule has 0 aromatic heterocycles. The van der Waals surface area contributed by atoms with Crippen LogP contribution in [0.4, 0.5) is 0 Å². The standard InChI is InChI=1S/C18H15O4PS.Na/c19-24(20,21)22-15-8-7-13-18(14-15)23(16-9-3-1-4-10-16)17-11-5-2-6-12-17;/h1-14H,(H,19,20,21);/q;+1/p-1. The summed E-state index contributed by atoms with van der Waals surface area (Å²) in [5, 5.41) is 3.16. The number of benzene rings is 3. The Bertz CT molecular complexity index is 879. The van der Waals surface area contributed by atoms with E-state index in [9.17, 15) is 13.0 Å². The first kappa shape index (κ1) is 20.1. The fraction of sp³-hybridized carbons (Fsp3) is 0. The predicted molar refractivity (Wildman–Crippen MR) is 95.5 cm³/mol. The Morgan fingerprint density at radius 2 is 1.20 bits per heavy atom. The Morgan fingerprint density at radius 3 is 1.68 bits per heavy atom. The summed E-state index contributed by atoms with van der Waals surface area (Å²) in [5.74, 6) is 0.0295. The van der Waals surface area contributed by atoms with Gasteiger partial charge < -0.3 is 8.74 Å². The minimum Gasteiger partial charge on any atom is -0.716 e. The molecule has 0 aliphatic rings. The van der Waals surface area contributed by atoms with Gasteiger partial charge >= 0.3 is 29.6 Å². The summed E-state index contributed by atoms with van der Waals surface area (Å²) in [7, 11) is -5.67. The van der Waals surface area contributed by atoms with Gasteiger partial charge in [-0.1, -0.05) is 72.8 Å². The maximum atomic E-state index is 10.8. The van der Waals surface area contributed by atoms with E-state index in [0.29, 0.717) is 0 Å². The van der Waals surface area contributed by atoms with Crippen molar-refractivity contribution in [1.29, 1.82) is 0 Å². The molecule has 0 saturated carbocycles. The molecule has 4 nitrogen and oxygen atoms in total. The molecular formula is C18H14NaO4PS. The van der Waals surface area contributed by atoms with Gasteiger partial charge in [-0.25, -0.2) is 8.42 Å². The zero-order chi connectivity index (χ0) is 17.0. The van der Waals surface area contributed by atoms with Crippen LogP contribution < -0.4 is 49.7 Å². The SMILES string of the molecule is O=S(=O)([O-])Oc1cccc(P(c2ccccc2)c2ccccc2)c1.[Na+]. The number of hydrogen-bond acceptors (Lipinski definition) is 4. The molecule has 3 rings (SSSR count). The van der Waals surface area contributed by atoms with Crippen LogP contribution in [0.1, 0.15) is 0 Å². The largest absolute Gasteiger partial charge is 1.00 e. The van der Waals surface area contributed by atoms with Crippen molar-refractivity contribution in [3.05, 3.63) is 84.9 Å². The topological polar surface area (TPSA) is 66.4 Å². The number of hydrogen-bond donors (Lipinski definition) is 0. The molecular weight excluding hydrogens is 366 g/mol. The average Bonchev–Trinajstić information content (AvgIpc) is 2.56. The van der Waals surface area contributed by atoms with Crippen molar-refractivity contribution in [2.24, 2.45) is 0 Å². The van der Waals surface area contributed by atoms with Crippen molar-refractivity contribution < 1.29 is 46.7 Å². The Labute approximate surface area is 170 Å². The third-order valence-corrected chi connectivity index (χ3v) is 6.12. The molecule has 122 valence electrons. The summed E-state index contributed by atoms with van der Waals surface area (Å²) >= 11 is 0.